The van der Waals surface area contributed by atoms with Crippen LogP contribution in [-0.4, -0.2) is 30.9 Å². The van der Waals surface area contributed by atoms with Crippen molar-refractivity contribution in [2.75, 3.05) is 18.5 Å². The molecular formula is C17H26N2O3. The van der Waals surface area contributed by atoms with Crippen molar-refractivity contribution in [1.82, 2.24) is 5.32 Å². The van der Waals surface area contributed by atoms with Crippen LogP contribution in [-0.2, 0) is 4.74 Å². The summed E-state index contributed by atoms with van der Waals surface area (Å²) in [6.45, 7) is 6.96. The predicted molar refractivity (Wildman–Crippen MR) is 87.4 cm³/mol. The molecule has 122 valence electrons. The van der Waals surface area contributed by atoms with E-state index in [9.17, 15) is 4.79 Å². The van der Waals surface area contributed by atoms with Gasteiger partial charge >= 0.3 is 6.09 Å². The molecule has 1 saturated carbocycles. The summed E-state index contributed by atoms with van der Waals surface area (Å²) in [5.74, 6) is 0.740. The van der Waals surface area contributed by atoms with Crippen LogP contribution >= 0.6 is 0 Å². The van der Waals surface area contributed by atoms with Crippen molar-refractivity contribution in [3.63, 3.8) is 0 Å². The molecule has 5 heteroatoms. The fraction of sp³-hybridized carbons (Fsp3) is 0.588. The van der Waals surface area contributed by atoms with Crippen molar-refractivity contribution in [3.05, 3.63) is 24.3 Å². The Labute approximate surface area is 132 Å². The predicted octanol–water partition coefficient (Wildman–Crippen LogP) is 3.55. The minimum Gasteiger partial charge on any atom is -0.492 e. The number of carbonyl (C=O) groups is 1. The van der Waals surface area contributed by atoms with Crippen LogP contribution in [0.2, 0.25) is 0 Å². The van der Waals surface area contributed by atoms with Crippen molar-refractivity contribution in [2.24, 2.45) is 0 Å². The van der Waals surface area contributed by atoms with Gasteiger partial charge in [-0.15, -0.1) is 0 Å². The van der Waals surface area contributed by atoms with E-state index in [0.717, 1.165) is 12.3 Å². The maximum absolute atomic E-state index is 11.7. The standard InChI is InChI=1S/C17H26N2O3/c1-17(2,3)22-16(20)19-14-8-5-9-15(12-14)21-11-10-18-13-6-4-7-13/h5,8-9,12-13,18H,4,6-7,10-11H2,1-3H3,(H,19,20). The van der Waals surface area contributed by atoms with Crippen LogP contribution in [0.3, 0.4) is 0 Å². The topological polar surface area (TPSA) is 59.6 Å². The molecule has 2 rings (SSSR count). The summed E-state index contributed by atoms with van der Waals surface area (Å²) in [7, 11) is 0. The van der Waals surface area contributed by atoms with Gasteiger partial charge in [-0.3, -0.25) is 5.32 Å². The van der Waals surface area contributed by atoms with Crippen LogP contribution in [0.15, 0.2) is 24.3 Å². The van der Waals surface area contributed by atoms with E-state index in [1.807, 2.05) is 39.0 Å². The maximum atomic E-state index is 11.7. The van der Waals surface area contributed by atoms with Crippen molar-refractivity contribution in [3.8, 4) is 5.75 Å². The van der Waals surface area contributed by atoms with Crippen LogP contribution < -0.4 is 15.4 Å². The summed E-state index contributed by atoms with van der Waals surface area (Å²) >= 11 is 0. The quantitative estimate of drug-likeness (QED) is 0.789. The van der Waals surface area contributed by atoms with Crippen molar-refractivity contribution >= 4 is 11.8 Å². The second-order valence-electron chi connectivity index (χ2n) is 6.59. The number of carbonyl (C=O) groups excluding carboxylic acids is 1. The first-order chi connectivity index (χ1) is 10.4. The van der Waals surface area contributed by atoms with Crippen molar-refractivity contribution in [1.29, 1.82) is 0 Å². The summed E-state index contributed by atoms with van der Waals surface area (Å²) < 4.78 is 10.9. The van der Waals surface area contributed by atoms with Crippen LogP contribution in [0.5, 0.6) is 5.75 Å². The molecule has 0 atom stereocenters. The summed E-state index contributed by atoms with van der Waals surface area (Å²) in [5.41, 5.74) is 0.157. The molecule has 0 unspecified atom stereocenters. The second-order valence-corrected chi connectivity index (χ2v) is 6.59. The number of anilines is 1. The summed E-state index contributed by atoms with van der Waals surface area (Å²) in [6, 6.07) is 8.01. The largest absolute Gasteiger partial charge is 0.492 e. The number of nitrogens with one attached hydrogen (secondary N) is 2. The fourth-order valence-electron chi connectivity index (χ4n) is 2.13. The molecule has 1 aromatic rings. The Morgan fingerprint density at radius 1 is 1.32 bits per heavy atom. The van der Waals surface area contributed by atoms with Gasteiger partial charge in [-0.25, -0.2) is 4.79 Å². The van der Waals surface area contributed by atoms with Gasteiger partial charge in [0.15, 0.2) is 0 Å². The number of hydrogen-bond donors (Lipinski definition) is 2. The monoisotopic (exact) mass is 306 g/mol. The zero-order valence-electron chi connectivity index (χ0n) is 13.6. The molecule has 1 aliphatic carbocycles. The smallest absolute Gasteiger partial charge is 0.412 e. The molecule has 1 fully saturated rings. The molecule has 1 aromatic carbocycles. The van der Waals surface area contributed by atoms with Gasteiger partial charge in [-0.1, -0.05) is 12.5 Å². The van der Waals surface area contributed by atoms with Gasteiger partial charge < -0.3 is 14.8 Å². The maximum Gasteiger partial charge on any atom is 0.412 e. The van der Waals surface area contributed by atoms with Gasteiger partial charge in [-0.05, 0) is 45.7 Å². The molecule has 0 aromatic heterocycles. The number of ether oxygens (including phenoxy) is 2. The van der Waals surface area contributed by atoms with Crippen LogP contribution in [0.4, 0.5) is 10.5 Å². The molecule has 0 heterocycles. The third-order valence-corrected chi connectivity index (χ3v) is 3.39. The normalized spacial score (nSPS) is 15.0. The highest BCUT2D eigenvalue weighted by atomic mass is 16.6. The van der Waals surface area contributed by atoms with E-state index in [2.05, 4.69) is 10.6 Å². The Hall–Kier alpha value is -1.75. The zero-order chi connectivity index (χ0) is 16.0. The Kier molecular flexibility index (Phi) is 5.66. The van der Waals surface area contributed by atoms with E-state index in [-0.39, 0.29) is 0 Å². The van der Waals surface area contributed by atoms with E-state index >= 15 is 0 Å². The highest BCUT2D eigenvalue weighted by Crippen LogP contribution is 2.19. The Morgan fingerprint density at radius 3 is 2.73 bits per heavy atom. The first-order valence-electron chi connectivity index (χ1n) is 7.89. The highest BCUT2D eigenvalue weighted by Gasteiger charge is 2.17. The van der Waals surface area contributed by atoms with Gasteiger partial charge in [0.25, 0.3) is 0 Å². The molecule has 0 saturated heterocycles. The molecule has 0 radical (unpaired) electrons. The average Bonchev–Trinajstić information content (AvgIpc) is 2.34. The number of hydrogen-bond acceptors (Lipinski definition) is 4. The van der Waals surface area contributed by atoms with E-state index in [1.54, 1.807) is 6.07 Å². The van der Waals surface area contributed by atoms with Crippen molar-refractivity contribution < 1.29 is 14.3 Å². The van der Waals surface area contributed by atoms with Crippen LogP contribution in [0.1, 0.15) is 40.0 Å². The lowest BCUT2D eigenvalue weighted by molar-refractivity contribution is 0.0636. The van der Waals surface area contributed by atoms with Gasteiger partial charge in [0, 0.05) is 24.3 Å². The number of amides is 1. The number of benzene rings is 1. The van der Waals surface area contributed by atoms with Gasteiger partial charge in [0.05, 0.1) is 0 Å². The van der Waals surface area contributed by atoms with Gasteiger partial charge in [0.2, 0.25) is 0 Å². The molecule has 0 aliphatic heterocycles. The third kappa shape index (κ3) is 5.93. The fourth-order valence-corrected chi connectivity index (χ4v) is 2.13. The van der Waals surface area contributed by atoms with Gasteiger partial charge in [0.1, 0.15) is 18.0 Å². The third-order valence-electron chi connectivity index (χ3n) is 3.39. The number of rotatable bonds is 6. The SMILES string of the molecule is CC(C)(C)OC(=O)Nc1cccc(OCCNC2CCC2)c1. The summed E-state index contributed by atoms with van der Waals surface area (Å²) in [5, 5.41) is 6.16. The zero-order valence-corrected chi connectivity index (χ0v) is 13.6. The first kappa shape index (κ1) is 16.6. The van der Waals surface area contributed by atoms with Crippen molar-refractivity contribution in [2.45, 2.75) is 51.7 Å². The second kappa shape index (κ2) is 7.49. The van der Waals surface area contributed by atoms with E-state index < -0.39 is 11.7 Å². The average molecular weight is 306 g/mol. The Bertz CT molecular complexity index is 493. The lowest BCUT2D eigenvalue weighted by atomic mass is 9.93. The molecule has 0 bridgehead atoms. The van der Waals surface area contributed by atoms with Crippen LogP contribution in [0.25, 0.3) is 0 Å². The van der Waals surface area contributed by atoms with E-state index in [0.29, 0.717) is 18.3 Å². The van der Waals surface area contributed by atoms with Crippen LogP contribution in [0, 0.1) is 0 Å². The Morgan fingerprint density at radius 2 is 2.09 bits per heavy atom. The summed E-state index contributed by atoms with van der Waals surface area (Å²) in [6.07, 6.45) is 3.41. The summed E-state index contributed by atoms with van der Waals surface area (Å²) in [4.78, 5) is 11.7. The molecule has 1 amide bonds. The van der Waals surface area contributed by atoms with E-state index in [4.69, 9.17) is 9.47 Å². The van der Waals surface area contributed by atoms with Gasteiger partial charge in [-0.2, -0.15) is 0 Å². The molecule has 1 aliphatic rings. The minimum atomic E-state index is -0.509. The molecule has 0 spiro atoms. The first-order valence-corrected chi connectivity index (χ1v) is 7.89. The molecule has 5 nitrogen and oxygen atoms in total. The minimum absolute atomic E-state index is 0.462. The van der Waals surface area contributed by atoms with E-state index in [1.165, 1.54) is 19.3 Å². The molecule has 2 N–H and O–H groups in total. The highest BCUT2D eigenvalue weighted by molar-refractivity contribution is 5.85. The molecule has 22 heavy (non-hydrogen) atoms. The Balaban J connectivity index is 1.75. The lowest BCUT2D eigenvalue weighted by Crippen LogP contribution is -2.37. The lowest BCUT2D eigenvalue weighted by Gasteiger charge is -2.26. The molecular weight excluding hydrogens is 280 g/mol.